The van der Waals surface area contributed by atoms with E-state index in [-0.39, 0.29) is 30.5 Å². The predicted molar refractivity (Wildman–Crippen MR) is 123 cm³/mol. The van der Waals surface area contributed by atoms with Gasteiger partial charge in [-0.2, -0.15) is 5.10 Å². The number of hydrogen-bond donors (Lipinski definition) is 3. The summed E-state index contributed by atoms with van der Waals surface area (Å²) in [5, 5.41) is 10.5. The van der Waals surface area contributed by atoms with Crippen LogP contribution >= 0.6 is 24.0 Å². The lowest BCUT2D eigenvalue weighted by atomic mass is 10.2. The Labute approximate surface area is 184 Å². The van der Waals surface area contributed by atoms with E-state index in [0.29, 0.717) is 17.4 Å². The molecule has 0 atom stereocenters. The predicted octanol–water partition coefficient (Wildman–Crippen LogP) is 1.65. The molecule has 28 heavy (non-hydrogen) atoms. The van der Waals surface area contributed by atoms with Crippen molar-refractivity contribution in [1.82, 2.24) is 25.1 Å². The average molecular weight is 520 g/mol. The fraction of sp³-hybridized carbons (Fsp3) is 0.444. The van der Waals surface area contributed by atoms with Gasteiger partial charge in [-0.25, -0.2) is 13.1 Å². The van der Waals surface area contributed by atoms with E-state index in [0.717, 1.165) is 30.6 Å². The Hall–Kier alpha value is -1.66. The molecule has 1 heterocycles. The highest BCUT2D eigenvalue weighted by atomic mass is 127. The van der Waals surface area contributed by atoms with Crippen molar-refractivity contribution in [2.75, 3.05) is 26.7 Å². The van der Waals surface area contributed by atoms with E-state index in [4.69, 9.17) is 0 Å². The fourth-order valence-corrected chi connectivity index (χ4v) is 3.90. The minimum absolute atomic E-state index is 0. The van der Waals surface area contributed by atoms with Gasteiger partial charge in [0.1, 0.15) is 0 Å². The number of hydrogen-bond acceptors (Lipinski definition) is 4. The highest BCUT2D eigenvalue weighted by Gasteiger charge is 2.16. The van der Waals surface area contributed by atoms with E-state index in [2.05, 4.69) is 25.4 Å². The van der Waals surface area contributed by atoms with Gasteiger partial charge in [0, 0.05) is 45.6 Å². The first-order valence-corrected chi connectivity index (χ1v) is 10.4. The Morgan fingerprint density at radius 2 is 1.93 bits per heavy atom. The molecule has 0 aliphatic carbocycles. The topological polar surface area (TPSA) is 100 Å². The van der Waals surface area contributed by atoms with Crippen LogP contribution in [0.15, 0.2) is 46.5 Å². The van der Waals surface area contributed by atoms with Crippen LogP contribution in [-0.2, 0) is 16.6 Å². The second-order valence-electron chi connectivity index (χ2n) is 6.22. The van der Waals surface area contributed by atoms with Crippen LogP contribution in [0.3, 0.4) is 0 Å². The number of rotatable bonds is 9. The molecule has 0 spiro atoms. The molecule has 0 aliphatic rings. The standard InChI is InChI=1S/C18H28N6O2S.HI/c1-15-6-7-16(2)17(14-15)27(25,26)23-11-10-21-18(19-3)20-8-4-12-24-13-5-9-22-24;/h5-7,9,13-14,23H,4,8,10-12H2,1-3H3,(H2,19,20,21);1H. The summed E-state index contributed by atoms with van der Waals surface area (Å²) >= 11 is 0. The van der Waals surface area contributed by atoms with Crippen LogP contribution in [0.5, 0.6) is 0 Å². The van der Waals surface area contributed by atoms with Gasteiger partial charge in [0.25, 0.3) is 0 Å². The molecule has 156 valence electrons. The maximum absolute atomic E-state index is 12.4. The van der Waals surface area contributed by atoms with Crippen LogP contribution in [0.4, 0.5) is 0 Å². The quantitative estimate of drug-likeness (QED) is 0.202. The number of aliphatic imine (C=N–C) groups is 1. The number of aryl methyl sites for hydroxylation is 3. The van der Waals surface area contributed by atoms with E-state index in [1.165, 1.54) is 0 Å². The minimum Gasteiger partial charge on any atom is -0.356 e. The number of benzene rings is 1. The molecule has 0 amide bonds. The Balaban J connectivity index is 0.00000392. The summed E-state index contributed by atoms with van der Waals surface area (Å²) in [7, 11) is -1.84. The van der Waals surface area contributed by atoms with Gasteiger partial charge in [-0.3, -0.25) is 9.67 Å². The molecular formula is C18H29IN6O2S. The summed E-state index contributed by atoms with van der Waals surface area (Å²) < 4.78 is 29.4. The van der Waals surface area contributed by atoms with Crippen molar-refractivity contribution < 1.29 is 8.42 Å². The molecule has 0 bridgehead atoms. The maximum Gasteiger partial charge on any atom is 0.240 e. The van der Waals surface area contributed by atoms with Crippen molar-refractivity contribution in [3.63, 3.8) is 0 Å². The molecule has 0 saturated heterocycles. The highest BCUT2D eigenvalue weighted by Crippen LogP contribution is 2.16. The van der Waals surface area contributed by atoms with Crippen molar-refractivity contribution in [2.24, 2.45) is 4.99 Å². The second kappa shape index (κ2) is 12.0. The zero-order chi connectivity index (χ0) is 19.7. The lowest BCUT2D eigenvalue weighted by Gasteiger charge is -2.13. The summed E-state index contributed by atoms with van der Waals surface area (Å²) in [6.07, 6.45) is 4.59. The number of sulfonamides is 1. The molecule has 8 nitrogen and oxygen atoms in total. The SMILES string of the molecule is CN=C(NCCCn1cccn1)NCCNS(=O)(=O)c1cc(C)ccc1C.I. The Kier molecular flexibility index (Phi) is 10.5. The number of halogens is 1. The number of nitrogens with one attached hydrogen (secondary N) is 3. The zero-order valence-electron chi connectivity index (χ0n) is 16.5. The number of guanidine groups is 1. The number of nitrogens with zero attached hydrogens (tertiary/aromatic N) is 3. The maximum atomic E-state index is 12.4. The van der Waals surface area contributed by atoms with Crippen molar-refractivity contribution in [2.45, 2.75) is 31.7 Å². The van der Waals surface area contributed by atoms with Gasteiger partial charge in [-0.05, 0) is 43.5 Å². The average Bonchev–Trinajstić information content (AvgIpc) is 3.15. The summed E-state index contributed by atoms with van der Waals surface area (Å²) in [5.74, 6) is 0.640. The van der Waals surface area contributed by atoms with Crippen molar-refractivity contribution in [3.05, 3.63) is 47.8 Å². The third kappa shape index (κ3) is 7.76. The van der Waals surface area contributed by atoms with Gasteiger partial charge in [0.15, 0.2) is 5.96 Å². The minimum atomic E-state index is -3.52. The fourth-order valence-electron chi connectivity index (χ4n) is 2.54. The van der Waals surface area contributed by atoms with Crippen molar-refractivity contribution in [1.29, 1.82) is 0 Å². The highest BCUT2D eigenvalue weighted by molar-refractivity contribution is 14.0. The van der Waals surface area contributed by atoms with Crippen LogP contribution < -0.4 is 15.4 Å². The molecule has 0 unspecified atom stereocenters. The summed E-state index contributed by atoms with van der Waals surface area (Å²) in [5.41, 5.74) is 1.65. The van der Waals surface area contributed by atoms with Crippen LogP contribution in [-0.4, -0.2) is 50.8 Å². The van der Waals surface area contributed by atoms with Gasteiger partial charge in [0.05, 0.1) is 4.90 Å². The van der Waals surface area contributed by atoms with Crippen molar-refractivity contribution in [3.8, 4) is 0 Å². The molecule has 0 aliphatic heterocycles. The monoisotopic (exact) mass is 520 g/mol. The lowest BCUT2D eigenvalue weighted by molar-refractivity contribution is 0.569. The number of aromatic nitrogens is 2. The first kappa shape index (κ1) is 24.4. The first-order valence-electron chi connectivity index (χ1n) is 8.91. The second-order valence-corrected chi connectivity index (χ2v) is 7.95. The largest absolute Gasteiger partial charge is 0.356 e. The molecule has 1 aromatic heterocycles. The van der Waals surface area contributed by atoms with Gasteiger partial charge >= 0.3 is 0 Å². The van der Waals surface area contributed by atoms with Gasteiger partial charge < -0.3 is 10.6 Å². The molecule has 2 rings (SSSR count). The molecule has 0 saturated carbocycles. The van der Waals surface area contributed by atoms with E-state index >= 15 is 0 Å². The molecule has 0 fully saturated rings. The van der Waals surface area contributed by atoms with E-state index in [1.807, 2.05) is 36.0 Å². The smallest absolute Gasteiger partial charge is 0.240 e. The molecule has 1 aromatic carbocycles. The van der Waals surface area contributed by atoms with E-state index < -0.39 is 10.0 Å². The molecule has 0 radical (unpaired) electrons. The summed E-state index contributed by atoms with van der Waals surface area (Å²) in [4.78, 5) is 4.46. The molecule has 2 aromatic rings. The van der Waals surface area contributed by atoms with Crippen molar-refractivity contribution >= 4 is 40.0 Å². The zero-order valence-corrected chi connectivity index (χ0v) is 19.6. The van der Waals surface area contributed by atoms with Crippen LogP contribution in [0.1, 0.15) is 17.5 Å². The molecule has 3 N–H and O–H groups in total. The molecule has 10 heteroatoms. The normalized spacial score (nSPS) is 11.8. The van der Waals surface area contributed by atoms with Gasteiger partial charge in [0.2, 0.25) is 10.0 Å². The Morgan fingerprint density at radius 3 is 2.61 bits per heavy atom. The third-order valence-electron chi connectivity index (χ3n) is 3.98. The first-order chi connectivity index (χ1) is 12.9. The molecular weight excluding hydrogens is 491 g/mol. The van der Waals surface area contributed by atoms with Crippen LogP contribution in [0, 0.1) is 13.8 Å². The Bertz CT molecular complexity index is 853. The lowest BCUT2D eigenvalue weighted by Crippen LogP contribution is -2.42. The third-order valence-corrected chi connectivity index (χ3v) is 5.58. The summed E-state index contributed by atoms with van der Waals surface area (Å²) in [6, 6.07) is 7.30. The van der Waals surface area contributed by atoms with E-state index in [1.54, 1.807) is 26.2 Å². The Morgan fingerprint density at radius 1 is 1.18 bits per heavy atom. The van der Waals surface area contributed by atoms with Gasteiger partial charge in [-0.1, -0.05) is 12.1 Å². The van der Waals surface area contributed by atoms with Gasteiger partial charge in [-0.15, -0.1) is 24.0 Å². The summed E-state index contributed by atoms with van der Waals surface area (Å²) in [6.45, 7) is 5.94. The van der Waals surface area contributed by atoms with Crippen LogP contribution in [0.25, 0.3) is 0 Å². The van der Waals surface area contributed by atoms with E-state index in [9.17, 15) is 8.42 Å². The van der Waals surface area contributed by atoms with Crippen LogP contribution in [0.2, 0.25) is 0 Å².